The molecule has 0 heterocycles. The van der Waals surface area contributed by atoms with Gasteiger partial charge in [-0.1, -0.05) is 0 Å². The van der Waals surface area contributed by atoms with Crippen LogP contribution in [0.1, 0.15) is 0 Å². The van der Waals surface area contributed by atoms with Crippen LogP contribution in [0.3, 0.4) is 0 Å². The van der Waals surface area contributed by atoms with Crippen LogP contribution in [0.25, 0.3) is 0 Å². The number of benzene rings is 2. The maximum Gasteiger partial charge on any atom is 0.149 e. The number of nitrogens with two attached hydrogens (primary N) is 2. The van der Waals surface area contributed by atoms with Crippen LogP contribution in [0.2, 0.25) is 0 Å². The largest absolute Gasteiger partial charge is 0.491 e. The summed E-state index contributed by atoms with van der Waals surface area (Å²) in [4.78, 5) is 0. The number of hydrogen-bond donors (Lipinski definition) is 3. The minimum Gasteiger partial charge on any atom is -0.491 e. The number of ether oxygens (including phenoxy) is 3. The van der Waals surface area contributed by atoms with E-state index in [2.05, 4.69) is 4.74 Å². The molecule has 0 unspecified atom stereocenters. The molecule has 0 aliphatic rings. The Kier molecular flexibility index (Phi) is 14.4. The molecule has 2 rings (SSSR count). The van der Waals surface area contributed by atoms with Crippen molar-refractivity contribution in [2.45, 2.75) is 0 Å². The second kappa shape index (κ2) is 15.4. The molecule has 5 N–H and O–H groups in total. The van der Waals surface area contributed by atoms with Crippen molar-refractivity contribution in [2.24, 2.45) is 0 Å². The van der Waals surface area contributed by atoms with E-state index in [1.165, 1.54) is 18.2 Å². The first kappa shape index (κ1) is 25.3. The molecule has 152 valence electrons. The van der Waals surface area contributed by atoms with Gasteiger partial charge in [0.05, 0.1) is 31.2 Å². The van der Waals surface area contributed by atoms with Gasteiger partial charge < -0.3 is 30.8 Å². The molecule has 0 amide bonds. The van der Waals surface area contributed by atoms with Gasteiger partial charge in [-0.2, -0.15) is 0 Å². The molecule has 0 saturated carbocycles. The lowest BCUT2D eigenvalue weighted by atomic mass is 10.3. The lowest BCUT2D eigenvalue weighted by Gasteiger charge is -2.05. The summed E-state index contributed by atoms with van der Waals surface area (Å²) in [6.45, 7) is 1.45. The highest BCUT2D eigenvalue weighted by Crippen LogP contribution is 2.17. The van der Waals surface area contributed by atoms with Gasteiger partial charge in [0.2, 0.25) is 0 Å². The standard InChI is InChI=1S/C9H12FNO2.C6H5FIN.C3H8O2/c1-12-4-5-13-7-2-3-9(11)8(10)6-7;7-5-3-4(8)1-2-6(5)9;1-5-3-2-4/h2-3,6H,4-5,11H2,1H3;1-3H,9H2;4H,2-3H2,1H3. The highest BCUT2D eigenvalue weighted by molar-refractivity contribution is 14.1. The van der Waals surface area contributed by atoms with Crippen LogP contribution in [0.15, 0.2) is 36.4 Å². The van der Waals surface area contributed by atoms with Crippen LogP contribution in [-0.2, 0) is 9.47 Å². The Morgan fingerprint density at radius 2 is 1.44 bits per heavy atom. The molecule has 0 radical (unpaired) electrons. The summed E-state index contributed by atoms with van der Waals surface area (Å²) in [5.74, 6) is -0.347. The SMILES string of the molecule is COCCO.COCCOc1ccc(N)c(F)c1.Nc1ccc(I)cc1F. The molecule has 0 aliphatic heterocycles. The minimum absolute atomic E-state index is 0.122. The van der Waals surface area contributed by atoms with E-state index < -0.39 is 5.82 Å². The van der Waals surface area contributed by atoms with Crippen molar-refractivity contribution in [1.82, 2.24) is 0 Å². The van der Waals surface area contributed by atoms with Crippen LogP contribution in [0.5, 0.6) is 5.75 Å². The number of anilines is 2. The summed E-state index contributed by atoms with van der Waals surface area (Å²) < 4.78 is 40.5. The topological polar surface area (TPSA) is 100.0 Å². The Morgan fingerprint density at radius 3 is 1.85 bits per heavy atom. The monoisotopic (exact) mass is 498 g/mol. The van der Waals surface area contributed by atoms with Gasteiger partial charge in [0.25, 0.3) is 0 Å². The highest BCUT2D eigenvalue weighted by Gasteiger charge is 2.00. The molecule has 0 aliphatic carbocycles. The average Bonchev–Trinajstić information content (AvgIpc) is 2.63. The third-order valence-corrected chi connectivity index (χ3v) is 3.46. The van der Waals surface area contributed by atoms with Crippen LogP contribution >= 0.6 is 22.6 Å². The zero-order valence-electron chi connectivity index (χ0n) is 15.3. The zero-order chi connectivity index (χ0) is 20.7. The molecular weight excluding hydrogens is 473 g/mol. The normalized spacial score (nSPS) is 9.56. The lowest BCUT2D eigenvalue weighted by Crippen LogP contribution is -2.04. The Bertz CT molecular complexity index is 661. The minimum atomic E-state index is -0.463. The number of halogens is 3. The summed E-state index contributed by atoms with van der Waals surface area (Å²) >= 11 is 2.03. The van der Waals surface area contributed by atoms with Crippen molar-refractivity contribution in [3.8, 4) is 5.75 Å². The number of methoxy groups -OCH3 is 2. The third-order valence-electron chi connectivity index (χ3n) is 2.79. The van der Waals surface area contributed by atoms with Gasteiger partial charge in [0.15, 0.2) is 0 Å². The third kappa shape index (κ3) is 12.3. The van der Waals surface area contributed by atoms with Crippen molar-refractivity contribution in [1.29, 1.82) is 0 Å². The molecule has 6 nitrogen and oxygen atoms in total. The van der Waals surface area contributed by atoms with Crippen molar-refractivity contribution in [3.63, 3.8) is 0 Å². The van der Waals surface area contributed by atoms with Gasteiger partial charge in [-0.15, -0.1) is 0 Å². The van der Waals surface area contributed by atoms with Gasteiger partial charge in [-0.25, -0.2) is 8.78 Å². The second-order valence-corrected chi connectivity index (χ2v) is 6.15. The fourth-order valence-corrected chi connectivity index (χ4v) is 1.89. The van der Waals surface area contributed by atoms with E-state index in [1.54, 1.807) is 32.4 Å². The van der Waals surface area contributed by atoms with E-state index in [9.17, 15) is 8.78 Å². The van der Waals surface area contributed by atoms with Gasteiger partial charge in [-0.3, -0.25) is 0 Å². The predicted molar refractivity (Wildman–Crippen MR) is 111 cm³/mol. The van der Waals surface area contributed by atoms with E-state index in [-0.39, 0.29) is 23.8 Å². The summed E-state index contributed by atoms with van der Waals surface area (Å²) in [5, 5.41) is 7.94. The number of aliphatic hydroxyl groups is 1. The Hall–Kier alpha value is -1.69. The van der Waals surface area contributed by atoms with Crippen molar-refractivity contribution in [3.05, 3.63) is 51.6 Å². The smallest absolute Gasteiger partial charge is 0.149 e. The van der Waals surface area contributed by atoms with Crippen LogP contribution in [0.4, 0.5) is 20.2 Å². The van der Waals surface area contributed by atoms with Crippen LogP contribution < -0.4 is 16.2 Å². The summed E-state index contributed by atoms with van der Waals surface area (Å²) in [7, 11) is 3.13. The lowest BCUT2D eigenvalue weighted by molar-refractivity contribution is 0.135. The average molecular weight is 498 g/mol. The number of hydrogen-bond acceptors (Lipinski definition) is 6. The van der Waals surface area contributed by atoms with Gasteiger partial charge >= 0.3 is 0 Å². The maximum absolute atomic E-state index is 12.9. The van der Waals surface area contributed by atoms with Crippen molar-refractivity contribution in [2.75, 3.05) is 52.1 Å². The quantitative estimate of drug-likeness (QED) is 0.322. The summed E-state index contributed by atoms with van der Waals surface area (Å²) in [6, 6.07) is 9.06. The fourth-order valence-electron chi connectivity index (χ4n) is 1.43. The molecule has 2 aromatic carbocycles. The molecular formula is C18H25F2IN2O4. The maximum atomic E-state index is 12.9. The first-order valence-corrected chi connectivity index (χ1v) is 8.90. The Labute approximate surface area is 171 Å². The molecule has 0 fully saturated rings. The van der Waals surface area contributed by atoms with Crippen LogP contribution in [-0.4, -0.2) is 45.8 Å². The first-order chi connectivity index (χ1) is 12.8. The second-order valence-electron chi connectivity index (χ2n) is 4.91. The van der Waals surface area contributed by atoms with E-state index in [0.717, 1.165) is 3.57 Å². The molecule has 2 aromatic rings. The zero-order valence-corrected chi connectivity index (χ0v) is 17.4. The van der Waals surface area contributed by atoms with E-state index >= 15 is 0 Å². The Balaban J connectivity index is 0.000000419. The van der Waals surface area contributed by atoms with Crippen LogP contribution in [0, 0.1) is 15.2 Å². The van der Waals surface area contributed by atoms with E-state index in [0.29, 0.717) is 25.6 Å². The number of rotatable bonds is 6. The molecule has 0 bridgehead atoms. The van der Waals surface area contributed by atoms with Gasteiger partial charge in [0, 0.05) is 23.9 Å². The first-order valence-electron chi connectivity index (χ1n) is 7.82. The fraction of sp³-hybridized carbons (Fsp3) is 0.333. The molecule has 0 atom stereocenters. The Morgan fingerprint density at radius 1 is 0.889 bits per heavy atom. The molecule has 0 saturated heterocycles. The number of nitrogen functional groups attached to an aromatic ring is 2. The van der Waals surface area contributed by atoms with Crippen molar-refractivity contribution < 1.29 is 28.1 Å². The molecule has 27 heavy (non-hydrogen) atoms. The van der Waals surface area contributed by atoms with E-state index in [4.69, 9.17) is 26.0 Å². The highest BCUT2D eigenvalue weighted by atomic mass is 127. The molecule has 0 spiro atoms. The molecule has 0 aromatic heterocycles. The van der Waals surface area contributed by atoms with Gasteiger partial charge in [0.1, 0.15) is 24.0 Å². The van der Waals surface area contributed by atoms with E-state index in [1.807, 2.05) is 22.6 Å². The van der Waals surface area contributed by atoms with Gasteiger partial charge in [-0.05, 0) is 52.9 Å². The summed E-state index contributed by atoms with van der Waals surface area (Å²) in [5.41, 5.74) is 10.8. The summed E-state index contributed by atoms with van der Waals surface area (Å²) in [6.07, 6.45) is 0. The predicted octanol–water partition coefficient (Wildman–Crippen LogP) is 3.07. The van der Waals surface area contributed by atoms with Crippen molar-refractivity contribution >= 4 is 34.0 Å². The number of aliphatic hydroxyl groups excluding tert-OH is 1. The molecule has 9 heteroatoms.